The number of phenolic OH excluding ortho intramolecular Hbond substituents is 1. The van der Waals surface area contributed by atoms with Gasteiger partial charge in [-0.1, -0.05) is 24.3 Å². The van der Waals surface area contributed by atoms with Crippen molar-refractivity contribution in [2.24, 2.45) is 0 Å². The van der Waals surface area contributed by atoms with E-state index in [0.717, 1.165) is 6.42 Å². The van der Waals surface area contributed by atoms with Gasteiger partial charge in [-0.15, -0.1) is 0 Å². The molecule has 0 saturated carbocycles. The molecule has 0 fully saturated rings. The lowest BCUT2D eigenvalue weighted by molar-refractivity contribution is 0.0731. The number of rotatable bonds is 2. The average molecular weight is 283 g/mol. The molecule has 3 rings (SSSR count). The first-order valence-electron chi connectivity index (χ1n) is 6.92. The number of nitrogens with zero attached hydrogens (tertiary/aromatic N) is 1. The molecule has 1 aliphatic heterocycles. The van der Waals surface area contributed by atoms with Crippen LogP contribution in [-0.2, 0) is 13.0 Å². The molecular formula is C17H17NO3. The lowest BCUT2D eigenvalue weighted by atomic mass is 9.99. The number of hydrogen-bond donors (Lipinski definition) is 1. The van der Waals surface area contributed by atoms with Crippen molar-refractivity contribution >= 4 is 5.91 Å². The second kappa shape index (κ2) is 5.48. The molecule has 0 unspecified atom stereocenters. The van der Waals surface area contributed by atoms with Crippen LogP contribution in [0.25, 0.3) is 0 Å². The molecule has 0 spiro atoms. The minimum absolute atomic E-state index is 0.0142. The van der Waals surface area contributed by atoms with E-state index in [4.69, 9.17) is 4.74 Å². The number of carbonyl (C=O) groups excluding carboxylic acids is 1. The smallest absolute Gasteiger partial charge is 0.258 e. The van der Waals surface area contributed by atoms with Gasteiger partial charge in [-0.25, -0.2) is 0 Å². The SMILES string of the molecule is COc1ccc(O)c(C(=O)N2CCc3ccccc3C2)c1. The van der Waals surface area contributed by atoms with Crippen molar-refractivity contribution < 1.29 is 14.6 Å². The number of methoxy groups -OCH3 is 1. The van der Waals surface area contributed by atoms with E-state index >= 15 is 0 Å². The molecule has 0 aromatic heterocycles. The van der Waals surface area contributed by atoms with E-state index < -0.39 is 0 Å². The maximum atomic E-state index is 12.6. The molecule has 0 bridgehead atoms. The molecular weight excluding hydrogens is 266 g/mol. The number of hydrogen-bond acceptors (Lipinski definition) is 3. The number of phenols is 1. The first kappa shape index (κ1) is 13.5. The van der Waals surface area contributed by atoms with Crippen LogP contribution in [-0.4, -0.2) is 29.6 Å². The minimum Gasteiger partial charge on any atom is -0.507 e. The summed E-state index contributed by atoms with van der Waals surface area (Å²) in [7, 11) is 1.54. The van der Waals surface area contributed by atoms with E-state index in [1.807, 2.05) is 18.2 Å². The van der Waals surface area contributed by atoms with Crippen molar-refractivity contribution in [2.75, 3.05) is 13.7 Å². The van der Waals surface area contributed by atoms with Crippen molar-refractivity contribution in [2.45, 2.75) is 13.0 Å². The topological polar surface area (TPSA) is 49.8 Å². The van der Waals surface area contributed by atoms with Gasteiger partial charge in [0.1, 0.15) is 11.5 Å². The van der Waals surface area contributed by atoms with Crippen LogP contribution in [0.4, 0.5) is 0 Å². The van der Waals surface area contributed by atoms with Crippen molar-refractivity contribution in [3.63, 3.8) is 0 Å². The highest BCUT2D eigenvalue weighted by atomic mass is 16.5. The summed E-state index contributed by atoms with van der Waals surface area (Å²) in [4.78, 5) is 14.4. The zero-order valence-corrected chi connectivity index (χ0v) is 11.9. The van der Waals surface area contributed by atoms with Gasteiger partial charge in [0.05, 0.1) is 12.7 Å². The number of aromatic hydroxyl groups is 1. The largest absolute Gasteiger partial charge is 0.507 e. The zero-order valence-electron chi connectivity index (χ0n) is 11.9. The van der Waals surface area contributed by atoms with Crippen LogP contribution in [0.1, 0.15) is 21.5 Å². The molecule has 2 aromatic rings. The molecule has 1 amide bonds. The van der Waals surface area contributed by atoms with Crippen molar-refractivity contribution in [3.05, 3.63) is 59.2 Å². The third kappa shape index (κ3) is 2.57. The van der Waals surface area contributed by atoms with Gasteiger partial charge in [0.25, 0.3) is 5.91 Å². The number of amides is 1. The normalized spacial score (nSPS) is 13.7. The Bertz CT molecular complexity index is 681. The molecule has 2 aromatic carbocycles. The van der Waals surface area contributed by atoms with Gasteiger partial charge < -0.3 is 14.7 Å². The highest BCUT2D eigenvalue weighted by molar-refractivity contribution is 5.97. The molecule has 0 saturated heterocycles. The molecule has 108 valence electrons. The lowest BCUT2D eigenvalue weighted by Crippen LogP contribution is -2.35. The summed E-state index contributed by atoms with van der Waals surface area (Å²) in [5, 5.41) is 9.92. The summed E-state index contributed by atoms with van der Waals surface area (Å²) in [6.07, 6.45) is 0.840. The van der Waals surface area contributed by atoms with Crippen molar-refractivity contribution in [1.29, 1.82) is 0 Å². The van der Waals surface area contributed by atoms with E-state index in [1.165, 1.54) is 24.3 Å². The number of carbonyl (C=O) groups is 1. The van der Waals surface area contributed by atoms with Crippen LogP contribution in [0, 0.1) is 0 Å². The number of benzene rings is 2. The van der Waals surface area contributed by atoms with Crippen LogP contribution in [0.15, 0.2) is 42.5 Å². The Labute approximate surface area is 123 Å². The number of fused-ring (bicyclic) bond motifs is 1. The molecule has 1 aliphatic rings. The predicted octanol–water partition coefficient (Wildman–Crippen LogP) is 2.60. The molecule has 1 N–H and O–H groups in total. The Balaban J connectivity index is 1.87. The van der Waals surface area contributed by atoms with E-state index in [0.29, 0.717) is 18.8 Å². The third-order valence-electron chi connectivity index (χ3n) is 3.85. The summed E-state index contributed by atoms with van der Waals surface area (Å²) >= 11 is 0. The summed E-state index contributed by atoms with van der Waals surface area (Å²) in [6, 6.07) is 12.8. The van der Waals surface area contributed by atoms with Gasteiger partial charge in [-0.3, -0.25) is 4.79 Å². The second-order valence-electron chi connectivity index (χ2n) is 5.13. The van der Waals surface area contributed by atoms with Crippen LogP contribution in [0.5, 0.6) is 11.5 Å². The van der Waals surface area contributed by atoms with E-state index in [1.54, 1.807) is 17.0 Å². The third-order valence-corrected chi connectivity index (χ3v) is 3.85. The van der Waals surface area contributed by atoms with Crippen molar-refractivity contribution in [3.8, 4) is 11.5 Å². The minimum atomic E-state index is -0.166. The summed E-state index contributed by atoms with van der Waals surface area (Å²) < 4.78 is 5.12. The molecule has 0 radical (unpaired) electrons. The monoisotopic (exact) mass is 283 g/mol. The summed E-state index contributed by atoms with van der Waals surface area (Å²) in [6.45, 7) is 1.23. The molecule has 0 aliphatic carbocycles. The second-order valence-corrected chi connectivity index (χ2v) is 5.13. The molecule has 0 atom stereocenters. The van der Waals surface area contributed by atoms with E-state index in [9.17, 15) is 9.90 Å². The lowest BCUT2D eigenvalue weighted by Gasteiger charge is -2.29. The highest BCUT2D eigenvalue weighted by Crippen LogP contribution is 2.26. The molecule has 21 heavy (non-hydrogen) atoms. The Morgan fingerprint density at radius 1 is 1.19 bits per heavy atom. The Kier molecular flexibility index (Phi) is 3.52. The quantitative estimate of drug-likeness (QED) is 0.921. The Hall–Kier alpha value is -2.49. The standard InChI is InChI=1S/C17H17NO3/c1-21-14-6-7-16(19)15(10-14)17(20)18-9-8-12-4-2-3-5-13(12)11-18/h2-7,10,19H,8-9,11H2,1H3. The first-order chi connectivity index (χ1) is 10.2. The molecule has 4 nitrogen and oxygen atoms in total. The number of ether oxygens (including phenoxy) is 1. The van der Waals surface area contributed by atoms with Gasteiger partial charge in [0.2, 0.25) is 0 Å². The highest BCUT2D eigenvalue weighted by Gasteiger charge is 2.23. The van der Waals surface area contributed by atoms with Gasteiger partial charge >= 0.3 is 0 Å². The van der Waals surface area contributed by atoms with Crippen LogP contribution in [0.3, 0.4) is 0 Å². The van der Waals surface area contributed by atoms with Crippen LogP contribution >= 0.6 is 0 Å². The van der Waals surface area contributed by atoms with E-state index in [-0.39, 0.29) is 17.2 Å². The fourth-order valence-electron chi connectivity index (χ4n) is 2.65. The summed E-state index contributed by atoms with van der Waals surface area (Å²) in [5.41, 5.74) is 2.74. The molecule has 1 heterocycles. The van der Waals surface area contributed by atoms with Crippen molar-refractivity contribution in [1.82, 2.24) is 4.90 Å². The fraction of sp³-hybridized carbons (Fsp3) is 0.235. The fourth-order valence-corrected chi connectivity index (χ4v) is 2.65. The predicted molar refractivity (Wildman–Crippen MR) is 79.5 cm³/mol. The zero-order chi connectivity index (χ0) is 14.8. The van der Waals surface area contributed by atoms with Gasteiger partial charge in [0, 0.05) is 13.1 Å². The van der Waals surface area contributed by atoms with Gasteiger partial charge in [-0.2, -0.15) is 0 Å². The maximum absolute atomic E-state index is 12.6. The molecule has 4 heteroatoms. The van der Waals surface area contributed by atoms with E-state index in [2.05, 4.69) is 6.07 Å². The first-order valence-corrected chi connectivity index (χ1v) is 6.92. The van der Waals surface area contributed by atoms with Gasteiger partial charge in [0.15, 0.2) is 0 Å². The van der Waals surface area contributed by atoms with Gasteiger partial charge in [-0.05, 0) is 35.7 Å². The Morgan fingerprint density at radius 3 is 2.71 bits per heavy atom. The summed E-state index contributed by atoms with van der Waals surface area (Å²) in [5.74, 6) is 0.383. The Morgan fingerprint density at radius 2 is 1.95 bits per heavy atom. The average Bonchev–Trinajstić information content (AvgIpc) is 2.54. The van der Waals surface area contributed by atoms with Crippen LogP contribution < -0.4 is 4.74 Å². The van der Waals surface area contributed by atoms with Crippen LogP contribution in [0.2, 0.25) is 0 Å². The maximum Gasteiger partial charge on any atom is 0.258 e.